The number of nitrogens with zero attached hydrogens (tertiary/aromatic N) is 7. The van der Waals surface area contributed by atoms with Crippen LogP contribution >= 0.6 is 11.8 Å². The van der Waals surface area contributed by atoms with Crippen molar-refractivity contribution in [2.24, 2.45) is 4.99 Å². The average molecular weight is 452 g/mol. The fourth-order valence-corrected chi connectivity index (χ4v) is 3.81. The molecule has 2 N–H and O–H groups in total. The zero-order valence-electron chi connectivity index (χ0n) is 16.6. The van der Waals surface area contributed by atoms with E-state index in [4.69, 9.17) is 19.4 Å². The smallest absolute Gasteiger partial charge is 0.324 e. The summed E-state index contributed by atoms with van der Waals surface area (Å²) in [6.07, 6.45) is 2.92. The van der Waals surface area contributed by atoms with E-state index in [2.05, 4.69) is 15.2 Å². The third-order valence-electron chi connectivity index (χ3n) is 4.47. The minimum absolute atomic E-state index is 0.0335. The molecule has 0 aliphatic carbocycles. The molecule has 0 saturated carbocycles. The summed E-state index contributed by atoms with van der Waals surface area (Å²) in [6, 6.07) is 7.22. The molecule has 1 fully saturated rings. The van der Waals surface area contributed by atoms with Crippen LogP contribution in [0.15, 0.2) is 43.6 Å². The van der Waals surface area contributed by atoms with Crippen LogP contribution in [-0.4, -0.2) is 48.2 Å². The molecule has 1 saturated heterocycles. The lowest BCUT2D eigenvalue weighted by molar-refractivity contribution is -0.759. The van der Waals surface area contributed by atoms with Gasteiger partial charge < -0.3 is 20.0 Å². The normalized spacial score (nSPS) is 14.2. The van der Waals surface area contributed by atoms with Gasteiger partial charge in [-0.05, 0) is 18.0 Å². The predicted octanol–water partition coefficient (Wildman–Crippen LogP) is 0.0935. The Labute approximate surface area is 186 Å². The van der Waals surface area contributed by atoms with Gasteiger partial charge in [0.2, 0.25) is 5.27 Å². The van der Waals surface area contributed by atoms with Crippen molar-refractivity contribution in [3.05, 3.63) is 35.7 Å². The maximum absolute atomic E-state index is 12.4. The Bertz CT molecular complexity index is 1220. The number of nitrogen functional groups attached to an aromatic ring is 1. The van der Waals surface area contributed by atoms with Crippen molar-refractivity contribution in [3.63, 3.8) is 0 Å². The van der Waals surface area contributed by atoms with Crippen LogP contribution in [0.3, 0.4) is 0 Å². The molecule has 0 spiro atoms. The summed E-state index contributed by atoms with van der Waals surface area (Å²) in [5.41, 5.74) is 6.28. The average Bonchev–Trinajstić information content (AvgIpc) is 3.50. The van der Waals surface area contributed by atoms with Gasteiger partial charge in [0.05, 0.1) is 48.5 Å². The van der Waals surface area contributed by atoms with Gasteiger partial charge >= 0.3 is 5.88 Å². The standard InChI is InChI=1S/C19H16N8O4S/c20-8-12-17(14-2-1-5-30-14)13(9-21)19(24-18(12)22)32-11-15(28)23-16-10-27(25-31-16)26-3-6-29-7-4-26/h1-2,5,10H,3-4,6-7,11H2,(H2-,22,23,24,25,28). The summed E-state index contributed by atoms with van der Waals surface area (Å²) >= 11 is 0.975. The minimum Gasteiger partial charge on any atom is -0.861 e. The van der Waals surface area contributed by atoms with Crippen molar-refractivity contribution in [1.29, 1.82) is 10.5 Å². The summed E-state index contributed by atoms with van der Waals surface area (Å²) in [4.78, 5) is 9.50. The highest BCUT2D eigenvalue weighted by molar-refractivity contribution is 8.00. The molecule has 12 nitrogen and oxygen atoms in total. The number of furan rings is 1. The Hall–Kier alpha value is -4.07. The monoisotopic (exact) mass is 452 g/mol. The predicted molar refractivity (Wildman–Crippen MR) is 109 cm³/mol. The highest BCUT2D eigenvalue weighted by atomic mass is 32.2. The van der Waals surface area contributed by atoms with Crippen LogP contribution in [0, 0.1) is 22.7 Å². The van der Waals surface area contributed by atoms with Crippen LogP contribution in [0.5, 0.6) is 0 Å². The largest absolute Gasteiger partial charge is 0.861 e. The molecule has 4 rings (SSSR count). The molecule has 3 aromatic rings. The number of aliphatic imine (C=N–C) groups is 1. The van der Waals surface area contributed by atoms with Gasteiger partial charge in [0.1, 0.15) is 34.3 Å². The molecule has 0 unspecified atom stereocenters. The fraction of sp³-hybridized carbons (Fsp3) is 0.263. The van der Waals surface area contributed by atoms with Crippen LogP contribution in [0.4, 0.5) is 11.7 Å². The van der Waals surface area contributed by atoms with Gasteiger partial charge in [-0.3, -0.25) is 4.52 Å². The van der Waals surface area contributed by atoms with Crippen molar-refractivity contribution in [2.75, 3.05) is 42.8 Å². The highest BCUT2D eigenvalue weighted by Crippen LogP contribution is 2.35. The van der Waals surface area contributed by atoms with E-state index in [1.165, 1.54) is 17.3 Å². The second-order valence-electron chi connectivity index (χ2n) is 6.45. The first-order valence-electron chi connectivity index (χ1n) is 9.37. The van der Waals surface area contributed by atoms with E-state index in [9.17, 15) is 15.6 Å². The minimum atomic E-state index is -0.520. The van der Waals surface area contributed by atoms with Crippen LogP contribution in [0.1, 0.15) is 11.1 Å². The molecule has 0 amide bonds. The maximum atomic E-state index is 12.4. The number of nitriles is 2. The Morgan fingerprint density at radius 1 is 1.31 bits per heavy atom. The molecule has 0 radical (unpaired) electrons. The summed E-state index contributed by atoms with van der Waals surface area (Å²) < 4.78 is 15.7. The van der Waals surface area contributed by atoms with Crippen LogP contribution in [0.25, 0.3) is 11.3 Å². The molecule has 1 aliphatic heterocycles. The fourth-order valence-electron chi connectivity index (χ4n) is 3.03. The SMILES string of the molecule is N#Cc1c(N)nc(SC/C([O-])=N/c2c[n+](N3CCOCC3)no2)c(C#N)c1-c1ccco1. The lowest BCUT2D eigenvalue weighted by atomic mass is 10.0. The van der Waals surface area contributed by atoms with Crippen molar-refractivity contribution < 1.29 is 23.6 Å². The molecule has 13 heteroatoms. The van der Waals surface area contributed by atoms with E-state index >= 15 is 0 Å². The number of aromatic nitrogens is 3. The second kappa shape index (κ2) is 9.38. The topological polar surface area (TPSA) is 177 Å². The third kappa shape index (κ3) is 4.34. The molecular weight excluding hydrogens is 436 g/mol. The number of hydrogen-bond donors (Lipinski definition) is 1. The third-order valence-corrected chi connectivity index (χ3v) is 5.43. The molecular formula is C19H16N8O4S. The van der Waals surface area contributed by atoms with E-state index < -0.39 is 5.90 Å². The summed E-state index contributed by atoms with van der Waals surface area (Å²) in [5, 5.41) is 37.5. The van der Waals surface area contributed by atoms with E-state index in [1.54, 1.807) is 12.1 Å². The van der Waals surface area contributed by atoms with E-state index in [1.807, 2.05) is 17.1 Å². The number of morpholine rings is 1. The van der Waals surface area contributed by atoms with Gasteiger partial charge in [-0.15, -0.1) is 5.01 Å². The zero-order valence-corrected chi connectivity index (χ0v) is 17.4. The number of nitrogens with two attached hydrogens (primary N) is 1. The van der Waals surface area contributed by atoms with Gasteiger partial charge in [-0.25, -0.2) is 9.98 Å². The first-order chi connectivity index (χ1) is 15.6. The Balaban J connectivity index is 1.54. The summed E-state index contributed by atoms with van der Waals surface area (Å²) in [7, 11) is 0. The number of ether oxygens (including phenoxy) is 1. The second-order valence-corrected chi connectivity index (χ2v) is 7.41. The molecule has 0 bridgehead atoms. The Morgan fingerprint density at radius 2 is 2.09 bits per heavy atom. The van der Waals surface area contributed by atoms with Crippen LogP contribution < -0.4 is 20.6 Å². The molecule has 162 valence electrons. The van der Waals surface area contributed by atoms with E-state index in [-0.39, 0.29) is 39.2 Å². The number of rotatable bonds is 6. The van der Waals surface area contributed by atoms with Crippen molar-refractivity contribution in [3.8, 4) is 23.5 Å². The maximum Gasteiger partial charge on any atom is 0.324 e. The lowest BCUT2D eigenvalue weighted by Crippen LogP contribution is -2.62. The lowest BCUT2D eigenvalue weighted by Gasteiger charge is -2.18. The van der Waals surface area contributed by atoms with E-state index in [0.717, 1.165) is 11.8 Å². The quantitative estimate of drug-likeness (QED) is 0.232. The van der Waals surface area contributed by atoms with Crippen molar-refractivity contribution in [1.82, 2.24) is 10.3 Å². The summed E-state index contributed by atoms with van der Waals surface area (Å²) in [5.74, 6) is -0.367. The first-order valence-corrected chi connectivity index (χ1v) is 10.4. The van der Waals surface area contributed by atoms with E-state index in [0.29, 0.717) is 32.1 Å². The van der Waals surface area contributed by atoms with Gasteiger partial charge in [0.25, 0.3) is 6.20 Å². The molecule has 4 heterocycles. The first kappa shape index (κ1) is 21.2. The molecule has 3 aromatic heterocycles. The van der Waals surface area contributed by atoms with Gasteiger partial charge in [0, 0.05) is 5.75 Å². The molecule has 32 heavy (non-hydrogen) atoms. The molecule has 0 aromatic carbocycles. The highest BCUT2D eigenvalue weighted by Gasteiger charge is 2.24. The van der Waals surface area contributed by atoms with Gasteiger partial charge in [-0.1, -0.05) is 11.8 Å². The van der Waals surface area contributed by atoms with Gasteiger partial charge in [-0.2, -0.15) is 10.5 Å². The van der Waals surface area contributed by atoms with Crippen molar-refractivity contribution >= 4 is 29.4 Å². The Kier molecular flexibility index (Phi) is 6.21. The van der Waals surface area contributed by atoms with Crippen molar-refractivity contribution in [2.45, 2.75) is 5.03 Å². The number of anilines is 1. The molecule has 0 atom stereocenters. The number of hydrogen-bond acceptors (Lipinski definition) is 12. The number of pyridine rings is 1. The van der Waals surface area contributed by atoms with Crippen LogP contribution in [-0.2, 0) is 4.74 Å². The number of thioether (sulfide) groups is 1. The Morgan fingerprint density at radius 3 is 2.78 bits per heavy atom. The molecule has 1 aliphatic rings. The summed E-state index contributed by atoms with van der Waals surface area (Å²) in [6.45, 7) is 2.43. The zero-order chi connectivity index (χ0) is 22.5. The van der Waals surface area contributed by atoms with Gasteiger partial charge in [0.15, 0.2) is 0 Å². The van der Waals surface area contributed by atoms with Crippen LogP contribution in [0.2, 0.25) is 0 Å².